The summed E-state index contributed by atoms with van der Waals surface area (Å²) in [6.07, 6.45) is 8.66. The number of nitrogens with zero attached hydrogens (tertiary/aromatic N) is 7. The Morgan fingerprint density at radius 2 is 2.13 bits per heavy atom. The van der Waals surface area contributed by atoms with Crippen molar-refractivity contribution in [2.24, 2.45) is 11.8 Å². The molecule has 1 aliphatic heterocycles. The topological polar surface area (TPSA) is 119 Å². The molecule has 0 bridgehead atoms. The van der Waals surface area contributed by atoms with Gasteiger partial charge in [-0.3, -0.25) is 24.2 Å². The van der Waals surface area contributed by atoms with Crippen LogP contribution in [0, 0.1) is 18.8 Å². The lowest BCUT2D eigenvalue weighted by molar-refractivity contribution is -0.118. The Kier molecular flexibility index (Phi) is 4.27. The van der Waals surface area contributed by atoms with Crippen molar-refractivity contribution in [3.63, 3.8) is 0 Å². The fraction of sp³-hybridized carbons (Fsp3) is 0.350. The molecule has 10 heteroatoms. The molecule has 1 aliphatic carbocycles. The van der Waals surface area contributed by atoms with Gasteiger partial charge in [0.05, 0.1) is 29.8 Å². The highest BCUT2D eigenvalue weighted by Gasteiger charge is 2.53. The van der Waals surface area contributed by atoms with Crippen molar-refractivity contribution in [1.82, 2.24) is 29.9 Å². The van der Waals surface area contributed by atoms with Crippen LogP contribution in [0.3, 0.4) is 0 Å². The van der Waals surface area contributed by atoms with E-state index in [1.807, 2.05) is 19.9 Å². The van der Waals surface area contributed by atoms with E-state index in [0.29, 0.717) is 17.4 Å². The number of aryl methyl sites for hydroxylation is 1. The lowest BCUT2D eigenvalue weighted by atomic mass is 10.1. The van der Waals surface area contributed by atoms with Gasteiger partial charge in [0, 0.05) is 31.1 Å². The van der Waals surface area contributed by atoms with Crippen LogP contribution in [-0.4, -0.2) is 48.3 Å². The van der Waals surface area contributed by atoms with Gasteiger partial charge in [0.1, 0.15) is 5.69 Å². The SMILES string of the molecule is Cc1cc([C@@H](C)n2cc(NC(=O)c3cnccn3)cn2)nnc1N1C[C@H]2C[C@H]2C1=O. The molecule has 3 atom stereocenters. The van der Waals surface area contributed by atoms with Crippen LogP contribution in [0.1, 0.15) is 41.1 Å². The summed E-state index contributed by atoms with van der Waals surface area (Å²) in [5, 5.41) is 15.8. The molecule has 2 amide bonds. The molecule has 0 unspecified atom stereocenters. The molecule has 3 aromatic heterocycles. The maximum absolute atomic E-state index is 12.3. The number of anilines is 2. The third kappa shape index (κ3) is 3.19. The largest absolute Gasteiger partial charge is 0.318 e. The summed E-state index contributed by atoms with van der Waals surface area (Å²) < 4.78 is 1.70. The maximum Gasteiger partial charge on any atom is 0.275 e. The highest BCUT2D eigenvalue weighted by molar-refractivity contribution is 6.02. The van der Waals surface area contributed by atoms with Crippen LogP contribution < -0.4 is 10.2 Å². The van der Waals surface area contributed by atoms with Crippen molar-refractivity contribution in [3.8, 4) is 0 Å². The summed E-state index contributed by atoms with van der Waals surface area (Å²) in [7, 11) is 0. The van der Waals surface area contributed by atoms with Gasteiger partial charge < -0.3 is 5.32 Å². The molecular weight excluding hydrogens is 384 g/mol. The molecule has 3 aromatic rings. The molecule has 0 spiro atoms. The van der Waals surface area contributed by atoms with Crippen LogP contribution in [0.15, 0.2) is 37.1 Å². The van der Waals surface area contributed by atoms with Crippen LogP contribution in [-0.2, 0) is 4.79 Å². The molecule has 2 fully saturated rings. The third-order valence-corrected chi connectivity index (χ3v) is 5.64. The molecule has 4 heterocycles. The van der Waals surface area contributed by atoms with Crippen LogP contribution in [0.2, 0.25) is 0 Å². The van der Waals surface area contributed by atoms with Gasteiger partial charge in [0.2, 0.25) is 5.91 Å². The second-order valence-corrected chi connectivity index (χ2v) is 7.76. The minimum atomic E-state index is -0.358. The number of hydrogen-bond donors (Lipinski definition) is 1. The van der Waals surface area contributed by atoms with Gasteiger partial charge in [-0.05, 0) is 37.8 Å². The van der Waals surface area contributed by atoms with E-state index in [4.69, 9.17) is 0 Å². The third-order valence-electron chi connectivity index (χ3n) is 5.64. The molecule has 1 saturated heterocycles. The summed E-state index contributed by atoms with van der Waals surface area (Å²) in [5.41, 5.74) is 2.40. The number of amides is 2. The van der Waals surface area contributed by atoms with E-state index in [-0.39, 0.29) is 29.5 Å². The highest BCUT2D eigenvalue weighted by atomic mass is 16.2. The Morgan fingerprint density at radius 3 is 2.83 bits per heavy atom. The first kappa shape index (κ1) is 18.3. The minimum Gasteiger partial charge on any atom is -0.318 e. The number of rotatable bonds is 5. The van der Waals surface area contributed by atoms with Crippen molar-refractivity contribution < 1.29 is 9.59 Å². The van der Waals surface area contributed by atoms with Crippen molar-refractivity contribution in [1.29, 1.82) is 0 Å². The number of aromatic nitrogens is 6. The zero-order chi connectivity index (χ0) is 20.8. The van der Waals surface area contributed by atoms with Gasteiger partial charge >= 0.3 is 0 Å². The number of carbonyl (C=O) groups excluding carboxylic acids is 2. The van der Waals surface area contributed by atoms with E-state index in [2.05, 4.69) is 30.6 Å². The highest BCUT2D eigenvalue weighted by Crippen LogP contribution is 2.47. The smallest absolute Gasteiger partial charge is 0.275 e. The first-order valence-corrected chi connectivity index (χ1v) is 9.78. The number of piperidine rings is 1. The van der Waals surface area contributed by atoms with Crippen molar-refractivity contribution in [3.05, 3.63) is 54.0 Å². The molecule has 10 nitrogen and oxygen atoms in total. The predicted molar refractivity (Wildman–Crippen MR) is 107 cm³/mol. The Bertz CT molecular complexity index is 1130. The van der Waals surface area contributed by atoms with E-state index < -0.39 is 0 Å². The average molecular weight is 404 g/mol. The second-order valence-electron chi connectivity index (χ2n) is 7.76. The zero-order valence-corrected chi connectivity index (χ0v) is 16.6. The number of carbonyl (C=O) groups is 2. The van der Waals surface area contributed by atoms with Crippen molar-refractivity contribution in [2.75, 3.05) is 16.8 Å². The normalized spacial score (nSPS) is 20.7. The Balaban J connectivity index is 1.30. The molecule has 0 radical (unpaired) electrons. The Labute approximate surface area is 172 Å². The van der Waals surface area contributed by atoms with E-state index in [1.54, 1.807) is 22.0 Å². The van der Waals surface area contributed by atoms with Crippen molar-refractivity contribution in [2.45, 2.75) is 26.3 Å². The summed E-state index contributed by atoms with van der Waals surface area (Å²) in [6.45, 7) is 4.62. The molecular formula is C20H20N8O2. The lowest BCUT2D eigenvalue weighted by Crippen LogP contribution is -2.30. The molecule has 30 heavy (non-hydrogen) atoms. The summed E-state index contributed by atoms with van der Waals surface area (Å²) in [5.74, 6) is 1.11. The molecule has 1 N–H and O–H groups in total. The first-order chi connectivity index (χ1) is 14.5. The van der Waals surface area contributed by atoms with E-state index in [1.165, 1.54) is 18.6 Å². The van der Waals surface area contributed by atoms with Crippen LogP contribution in [0.4, 0.5) is 11.5 Å². The average Bonchev–Trinajstić information content (AvgIpc) is 3.26. The minimum absolute atomic E-state index is 0.161. The molecule has 5 rings (SSSR count). The summed E-state index contributed by atoms with van der Waals surface area (Å²) in [6, 6.07) is 1.74. The van der Waals surface area contributed by atoms with Gasteiger partial charge in [-0.25, -0.2) is 4.98 Å². The van der Waals surface area contributed by atoms with Gasteiger partial charge in [0.25, 0.3) is 5.91 Å². The molecule has 152 valence electrons. The van der Waals surface area contributed by atoms with Crippen LogP contribution in [0.5, 0.6) is 0 Å². The molecule has 0 aromatic carbocycles. The second kappa shape index (κ2) is 6.97. The zero-order valence-electron chi connectivity index (χ0n) is 16.6. The van der Waals surface area contributed by atoms with E-state index in [0.717, 1.165) is 24.2 Å². The Morgan fingerprint density at radius 1 is 1.27 bits per heavy atom. The van der Waals surface area contributed by atoms with Gasteiger partial charge in [-0.1, -0.05) is 0 Å². The van der Waals surface area contributed by atoms with Gasteiger partial charge in [-0.15, -0.1) is 5.10 Å². The predicted octanol–water partition coefficient (Wildman–Crippen LogP) is 1.62. The van der Waals surface area contributed by atoms with Crippen LogP contribution in [0.25, 0.3) is 0 Å². The maximum atomic E-state index is 12.3. The first-order valence-electron chi connectivity index (χ1n) is 9.78. The molecule has 2 aliphatic rings. The lowest BCUT2D eigenvalue weighted by Gasteiger charge is -2.20. The number of hydrogen-bond acceptors (Lipinski definition) is 7. The van der Waals surface area contributed by atoms with Crippen molar-refractivity contribution >= 4 is 23.3 Å². The monoisotopic (exact) mass is 404 g/mol. The fourth-order valence-corrected chi connectivity index (χ4v) is 3.80. The Hall–Kier alpha value is -3.69. The van der Waals surface area contributed by atoms with E-state index >= 15 is 0 Å². The fourth-order valence-electron chi connectivity index (χ4n) is 3.80. The number of nitrogens with one attached hydrogen (secondary N) is 1. The number of fused-ring (bicyclic) bond motifs is 1. The summed E-state index contributed by atoms with van der Waals surface area (Å²) in [4.78, 5) is 34.2. The van der Waals surface area contributed by atoms with E-state index in [9.17, 15) is 9.59 Å². The standard InChI is InChI=1S/C20H20N8O2/c1-11-5-16(25-26-18(11)27-9-13-6-15(13)20(27)30)12(2)28-10-14(7-23-28)24-19(29)17-8-21-3-4-22-17/h3-5,7-8,10,12-13,15H,6,9H2,1-2H3,(H,24,29)/t12-,13-,15-/m1/s1. The van der Waals surface area contributed by atoms with Crippen LogP contribution >= 0.6 is 0 Å². The van der Waals surface area contributed by atoms with Gasteiger partial charge in [0.15, 0.2) is 5.82 Å². The summed E-state index contributed by atoms with van der Waals surface area (Å²) >= 11 is 0. The quantitative estimate of drug-likeness (QED) is 0.686. The molecule has 1 saturated carbocycles. The van der Waals surface area contributed by atoms with Gasteiger partial charge in [-0.2, -0.15) is 10.2 Å².